The lowest BCUT2D eigenvalue weighted by molar-refractivity contribution is -0.0892. The number of hydrogen-bond acceptors (Lipinski definition) is 2. The fraction of sp³-hybridized carbons (Fsp3) is 0.167. The van der Waals surface area contributed by atoms with Crippen LogP contribution in [0.25, 0.3) is 54.6 Å². The summed E-state index contributed by atoms with van der Waals surface area (Å²) in [6.45, 7) is 7.40. The van der Waals surface area contributed by atoms with Gasteiger partial charge in [0.2, 0.25) is 0 Å². The second kappa shape index (κ2) is 9.68. The normalized spacial score (nSPS) is 12.3. The van der Waals surface area contributed by atoms with E-state index in [2.05, 4.69) is 115 Å². The number of hydrogen-bond donors (Lipinski definition) is 1. The average molecular weight is 507 g/mol. The quantitative estimate of drug-likeness (QED) is 0.182. The van der Waals surface area contributed by atoms with Crippen LogP contribution >= 0.6 is 0 Å². The molecule has 0 bridgehead atoms. The van der Waals surface area contributed by atoms with Gasteiger partial charge >= 0.3 is 7.48 Å². The molecule has 0 aliphatic carbocycles. The average Bonchev–Trinajstić information content (AvgIpc) is 2.95. The third-order valence-electron chi connectivity index (χ3n) is 8.20. The van der Waals surface area contributed by atoms with E-state index < -0.39 is 11.2 Å². The van der Waals surface area contributed by atoms with E-state index in [-0.39, 0.29) is 0 Å². The summed E-state index contributed by atoms with van der Waals surface area (Å²) in [6, 6.07) is 40.9. The van der Waals surface area contributed by atoms with Crippen molar-refractivity contribution in [2.45, 2.75) is 38.9 Å². The summed E-state index contributed by atoms with van der Waals surface area (Å²) in [6.07, 6.45) is 0. The van der Waals surface area contributed by atoms with Crippen molar-refractivity contribution in [1.82, 2.24) is 0 Å². The summed E-state index contributed by atoms with van der Waals surface area (Å²) >= 11 is 0. The minimum atomic E-state index is -1.01. The van der Waals surface area contributed by atoms with Crippen LogP contribution in [0.3, 0.4) is 0 Å². The maximum Gasteiger partial charge on any atom is 0.332 e. The lowest BCUT2D eigenvalue weighted by Gasteiger charge is -2.37. The van der Waals surface area contributed by atoms with Gasteiger partial charge in [-0.1, -0.05) is 115 Å². The Morgan fingerprint density at radius 3 is 1.49 bits per heavy atom. The van der Waals surface area contributed by atoms with Crippen LogP contribution in [0.15, 0.2) is 115 Å². The zero-order valence-electron chi connectivity index (χ0n) is 22.9. The highest BCUT2D eigenvalue weighted by atomic mass is 16.5. The molecule has 0 heterocycles. The van der Waals surface area contributed by atoms with E-state index in [4.69, 9.17) is 4.65 Å². The molecule has 1 N–H and O–H groups in total. The molecule has 0 aliphatic heterocycles. The van der Waals surface area contributed by atoms with Crippen LogP contribution in [0.5, 0.6) is 0 Å². The summed E-state index contributed by atoms with van der Waals surface area (Å²) in [4.78, 5) is 0. The molecule has 1 radical (unpaired) electrons. The molecule has 39 heavy (non-hydrogen) atoms. The van der Waals surface area contributed by atoms with Crippen LogP contribution in [0, 0.1) is 0 Å². The molecule has 0 atom stereocenters. The van der Waals surface area contributed by atoms with E-state index in [1.165, 1.54) is 43.8 Å². The number of rotatable bonds is 6. The largest absolute Gasteiger partial charge is 0.427 e. The Balaban J connectivity index is 1.62. The van der Waals surface area contributed by atoms with E-state index in [0.29, 0.717) is 0 Å². The zero-order valence-corrected chi connectivity index (χ0v) is 22.9. The van der Waals surface area contributed by atoms with Crippen molar-refractivity contribution in [3.05, 3.63) is 115 Å². The van der Waals surface area contributed by atoms with E-state index in [9.17, 15) is 5.11 Å². The molecule has 191 valence electrons. The summed E-state index contributed by atoms with van der Waals surface area (Å²) < 4.78 is 6.30. The lowest BCUT2D eigenvalue weighted by Crippen LogP contribution is -2.49. The highest BCUT2D eigenvalue weighted by Gasteiger charge is 2.36. The van der Waals surface area contributed by atoms with Crippen molar-refractivity contribution < 1.29 is 9.76 Å². The molecule has 6 aromatic rings. The van der Waals surface area contributed by atoms with Crippen LogP contribution in [0.2, 0.25) is 0 Å². The molecule has 0 saturated heterocycles. The second-order valence-corrected chi connectivity index (χ2v) is 11.3. The topological polar surface area (TPSA) is 29.5 Å². The van der Waals surface area contributed by atoms with Crippen LogP contribution in [0.1, 0.15) is 27.7 Å². The van der Waals surface area contributed by atoms with Gasteiger partial charge in [-0.05, 0) is 87.7 Å². The van der Waals surface area contributed by atoms with Crippen LogP contribution in [-0.2, 0) is 4.65 Å². The Morgan fingerprint density at radius 1 is 0.513 bits per heavy atom. The number of aliphatic hydroxyl groups is 1. The molecule has 3 heteroatoms. The van der Waals surface area contributed by atoms with Gasteiger partial charge < -0.3 is 9.76 Å². The summed E-state index contributed by atoms with van der Waals surface area (Å²) in [5, 5.41) is 17.7. The fourth-order valence-electron chi connectivity index (χ4n) is 5.32. The number of benzene rings is 6. The van der Waals surface area contributed by atoms with Crippen molar-refractivity contribution in [2.24, 2.45) is 0 Å². The fourth-order valence-corrected chi connectivity index (χ4v) is 5.32. The van der Waals surface area contributed by atoms with Crippen molar-refractivity contribution in [3.8, 4) is 22.3 Å². The smallest absolute Gasteiger partial charge is 0.332 e. The van der Waals surface area contributed by atoms with Crippen LogP contribution < -0.4 is 5.46 Å². The third-order valence-corrected chi connectivity index (χ3v) is 8.20. The Morgan fingerprint density at radius 2 is 0.949 bits per heavy atom. The van der Waals surface area contributed by atoms with Gasteiger partial charge in [0, 0.05) is 0 Å². The summed E-state index contributed by atoms with van der Waals surface area (Å²) in [5.41, 5.74) is 4.12. The molecule has 0 spiro atoms. The standard InChI is InChI=1S/C36H32BO2/c1-35(2,38)36(3,4)39-37-34-31-20-12-10-18-28(31)33(29-19-11-13-21-32(29)34)30-23-22-25(24-14-6-5-7-15-24)26-16-8-9-17-27(26)30/h5-23,38H,1-4H3. The van der Waals surface area contributed by atoms with Crippen LogP contribution in [-0.4, -0.2) is 23.8 Å². The molecule has 0 amide bonds. The van der Waals surface area contributed by atoms with Gasteiger partial charge in [-0.25, -0.2) is 0 Å². The Hall–Kier alpha value is -3.92. The predicted octanol–water partition coefficient (Wildman–Crippen LogP) is 8.29. The van der Waals surface area contributed by atoms with Gasteiger partial charge in [0.15, 0.2) is 0 Å². The molecular weight excluding hydrogens is 475 g/mol. The van der Waals surface area contributed by atoms with Crippen molar-refractivity contribution in [3.63, 3.8) is 0 Å². The first-order valence-corrected chi connectivity index (χ1v) is 13.5. The van der Waals surface area contributed by atoms with Crippen molar-refractivity contribution in [2.75, 3.05) is 0 Å². The second-order valence-electron chi connectivity index (χ2n) is 11.3. The highest BCUT2D eigenvalue weighted by Crippen LogP contribution is 2.41. The van der Waals surface area contributed by atoms with Crippen molar-refractivity contribution in [1.29, 1.82) is 0 Å². The van der Waals surface area contributed by atoms with E-state index >= 15 is 0 Å². The van der Waals surface area contributed by atoms with Gasteiger partial charge in [-0.3, -0.25) is 0 Å². The minimum absolute atomic E-state index is 0.767. The van der Waals surface area contributed by atoms with Gasteiger partial charge in [-0.2, -0.15) is 0 Å². The summed E-state index contributed by atoms with van der Waals surface area (Å²) in [5.74, 6) is 0. The Bertz CT molecular complexity index is 1760. The van der Waals surface area contributed by atoms with Gasteiger partial charge in [0.05, 0.1) is 11.2 Å². The first kappa shape index (κ1) is 25.4. The molecule has 0 fully saturated rings. The molecule has 0 aromatic heterocycles. The zero-order chi connectivity index (χ0) is 27.2. The van der Waals surface area contributed by atoms with E-state index in [0.717, 1.165) is 16.2 Å². The Kier molecular flexibility index (Phi) is 6.30. The first-order valence-electron chi connectivity index (χ1n) is 13.5. The SMILES string of the molecule is CC(C)(O)C(C)(C)O[B]c1c2ccccc2c(-c2ccc(-c3ccccc3)c3ccccc23)c2ccccc12. The molecular formula is C36H32BO2. The maximum atomic E-state index is 10.7. The van der Waals surface area contributed by atoms with Gasteiger partial charge in [-0.15, -0.1) is 0 Å². The van der Waals surface area contributed by atoms with Crippen molar-refractivity contribution >= 4 is 45.3 Å². The molecule has 0 aliphatic rings. The van der Waals surface area contributed by atoms with Gasteiger partial charge in [0.25, 0.3) is 0 Å². The molecule has 6 rings (SSSR count). The van der Waals surface area contributed by atoms with E-state index in [1.54, 1.807) is 13.8 Å². The van der Waals surface area contributed by atoms with E-state index in [1.807, 2.05) is 21.3 Å². The minimum Gasteiger partial charge on any atom is -0.427 e. The Labute approximate surface area is 231 Å². The molecule has 0 unspecified atom stereocenters. The molecule has 2 nitrogen and oxygen atoms in total. The lowest BCUT2D eigenvalue weighted by atomic mass is 9.75. The van der Waals surface area contributed by atoms with Gasteiger partial charge in [0.1, 0.15) is 0 Å². The summed E-state index contributed by atoms with van der Waals surface area (Å²) in [7, 11) is 1.84. The highest BCUT2D eigenvalue weighted by molar-refractivity contribution is 6.57. The molecule has 0 saturated carbocycles. The molecule has 6 aromatic carbocycles. The predicted molar refractivity (Wildman–Crippen MR) is 167 cm³/mol. The number of fused-ring (bicyclic) bond motifs is 3. The first-order chi connectivity index (χ1) is 18.8. The monoisotopic (exact) mass is 507 g/mol. The third kappa shape index (κ3) is 4.42. The maximum absolute atomic E-state index is 10.7. The van der Waals surface area contributed by atoms with Crippen LogP contribution in [0.4, 0.5) is 0 Å².